The summed E-state index contributed by atoms with van der Waals surface area (Å²) < 4.78 is 0. The number of hydrogen-bond acceptors (Lipinski definition) is 4. The number of amides is 1. The average molecular weight is 254 g/mol. The van der Waals surface area contributed by atoms with Crippen LogP contribution in [0.4, 0.5) is 0 Å². The van der Waals surface area contributed by atoms with Crippen molar-refractivity contribution in [2.24, 2.45) is 11.8 Å². The van der Waals surface area contributed by atoms with E-state index < -0.39 is 11.9 Å². The van der Waals surface area contributed by atoms with E-state index >= 15 is 0 Å². The van der Waals surface area contributed by atoms with Gasteiger partial charge in [0.25, 0.3) is 0 Å². The Kier molecular flexibility index (Phi) is 3.15. The molecule has 1 aromatic rings. The molecule has 0 spiro atoms. The van der Waals surface area contributed by atoms with E-state index in [0.29, 0.717) is 13.0 Å². The van der Waals surface area contributed by atoms with Crippen LogP contribution in [0, 0.1) is 18.8 Å². The Morgan fingerprint density at radius 1 is 1.59 bits per heavy atom. The Hall–Kier alpha value is -1.43. The fourth-order valence-corrected chi connectivity index (χ4v) is 2.66. The van der Waals surface area contributed by atoms with Gasteiger partial charge in [0.2, 0.25) is 5.91 Å². The summed E-state index contributed by atoms with van der Waals surface area (Å²) in [5.74, 6) is -1.76. The Morgan fingerprint density at radius 3 is 2.76 bits per heavy atom. The highest BCUT2D eigenvalue weighted by molar-refractivity contribution is 7.11. The van der Waals surface area contributed by atoms with Crippen molar-refractivity contribution < 1.29 is 14.7 Å². The summed E-state index contributed by atoms with van der Waals surface area (Å²) in [7, 11) is 1.70. The first kappa shape index (κ1) is 12.0. The van der Waals surface area contributed by atoms with E-state index in [1.807, 2.05) is 6.92 Å². The van der Waals surface area contributed by atoms with Crippen molar-refractivity contribution in [3.63, 3.8) is 0 Å². The second-order valence-electron chi connectivity index (χ2n) is 4.33. The molecule has 1 aliphatic carbocycles. The molecule has 0 aromatic carbocycles. The molecule has 0 aliphatic heterocycles. The minimum Gasteiger partial charge on any atom is -0.481 e. The van der Waals surface area contributed by atoms with Gasteiger partial charge in [-0.1, -0.05) is 0 Å². The third-order valence-corrected chi connectivity index (χ3v) is 3.76. The molecule has 1 aliphatic rings. The summed E-state index contributed by atoms with van der Waals surface area (Å²) in [6.45, 7) is 2.42. The van der Waals surface area contributed by atoms with Crippen molar-refractivity contribution in [3.8, 4) is 0 Å². The standard InChI is InChI=1S/C11H14N2O3S/c1-6-12-4-7(17-6)5-13(2)10(14)8-3-9(8)11(15)16/h4,8-9H,3,5H2,1-2H3,(H,15,16)/t8-,9-/m0/s1. The summed E-state index contributed by atoms with van der Waals surface area (Å²) in [6, 6.07) is 0. The van der Waals surface area contributed by atoms with Crippen LogP contribution in [-0.4, -0.2) is 33.9 Å². The number of carbonyl (C=O) groups is 2. The van der Waals surface area contributed by atoms with Crippen LogP contribution in [0.1, 0.15) is 16.3 Å². The lowest BCUT2D eigenvalue weighted by molar-refractivity contribution is -0.141. The van der Waals surface area contributed by atoms with E-state index in [1.54, 1.807) is 29.5 Å². The third kappa shape index (κ3) is 2.63. The number of nitrogens with zero attached hydrogens (tertiary/aromatic N) is 2. The highest BCUT2D eigenvalue weighted by atomic mass is 32.1. The summed E-state index contributed by atoms with van der Waals surface area (Å²) in [5, 5.41) is 9.74. The van der Waals surface area contributed by atoms with Crippen LogP contribution in [0.5, 0.6) is 0 Å². The van der Waals surface area contributed by atoms with Gasteiger partial charge in [0, 0.05) is 18.1 Å². The van der Waals surface area contributed by atoms with Crippen molar-refractivity contribution in [2.45, 2.75) is 19.9 Å². The maximum Gasteiger partial charge on any atom is 0.307 e. The molecule has 0 unspecified atom stereocenters. The molecule has 5 nitrogen and oxygen atoms in total. The zero-order valence-corrected chi connectivity index (χ0v) is 10.5. The topological polar surface area (TPSA) is 70.5 Å². The lowest BCUT2D eigenvalue weighted by Gasteiger charge is -2.15. The average Bonchev–Trinajstić information content (AvgIpc) is 2.96. The Labute approximate surface area is 103 Å². The van der Waals surface area contributed by atoms with Crippen LogP contribution < -0.4 is 0 Å². The number of aromatic nitrogens is 1. The second-order valence-corrected chi connectivity index (χ2v) is 5.65. The fraction of sp³-hybridized carbons (Fsp3) is 0.545. The monoisotopic (exact) mass is 254 g/mol. The number of rotatable bonds is 4. The summed E-state index contributed by atoms with van der Waals surface area (Å²) in [5.41, 5.74) is 0. The van der Waals surface area contributed by atoms with Gasteiger partial charge in [0.15, 0.2) is 0 Å². The molecule has 0 saturated heterocycles. The lowest BCUT2D eigenvalue weighted by Crippen LogP contribution is -2.28. The number of carboxylic acids is 1. The molecule has 1 fully saturated rings. The molecule has 1 heterocycles. The van der Waals surface area contributed by atoms with E-state index in [-0.39, 0.29) is 11.8 Å². The number of carbonyl (C=O) groups excluding carboxylic acids is 1. The SMILES string of the molecule is Cc1ncc(CN(C)C(=O)[C@H]2C[C@@H]2C(=O)O)s1. The molecule has 2 rings (SSSR count). The van der Waals surface area contributed by atoms with Crippen molar-refractivity contribution in [1.82, 2.24) is 9.88 Å². The molecular weight excluding hydrogens is 240 g/mol. The predicted molar refractivity (Wildman–Crippen MR) is 62.6 cm³/mol. The number of thiazole rings is 1. The van der Waals surface area contributed by atoms with Gasteiger partial charge in [-0.2, -0.15) is 0 Å². The van der Waals surface area contributed by atoms with Crippen LogP contribution in [0.15, 0.2) is 6.20 Å². The van der Waals surface area contributed by atoms with Gasteiger partial charge in [-0.3, -0.25) is 9.59 Å². The largest absolute Gasteiger partial charge is 0.481 e. The molecular formula is C11H14N2O3S. The second kappa shape index (κ2) is 4.44. The van der Waals surface area contributed by atoms with Crippen LogP contribution >= 0.6 is 11.3 Å². The van der Waals surface area contributed by atoms with Crippen molar-refractivity contribution in [2.75, 3.05) is 7.05 Å². The third-order valence-electron chi connectivity index (χ3n) is 2.86. The first-order chi connectivity index (χ1) is 7.99. The van der Waals surface area contributed by atoms with Gasteiger partial charge in [-0.05, 0) is 13.3 Å². The van der Waals surface area contributed by atoms with Crippen LogP contribution in [0.3, 0.4) is 0 Å². The molecule has 0 radical (unpaired) electrons. The minimum absolute atomic E-state index is 0.0801. The van der Waals surface area contributed by atoms with E-state index in [4.69, 9.17) is 5.11 Å². The van der Waals surface area contributed by atoms with E-state index in [0.717, 1.165) is 9.88 Å². The molecule has 17 heavy (non-hydrogen) atoms. The molecule has 2 atom stereocenters. The van der Waals surface area contributed by atoms with Gasteiger partial charge in [-0.15, -0.1) is 11.3 Å². The lowest BCUT2D eigenvalue weighted by atomic mass is 10.3. The molecule has 6 heteroatoms. The molecule has 1 N–H and O–H groups in total. The Balaban J connectivity index is 1.91. The van der Waals surface area contributed by atoms with Gasteiger partial charge in [0.05, 0.1) is 23.4 Å². The van der Waals surface area contributed by atoms with Gasteiger partial charge in [-0.25, -0.2) is 4.98 Å². The number of aryl methyl sites for hydroxylation is 1. The maximum absolute atomic E-state index is 11.9. The molecule has 1 amide bonds. The van der Waals surface area contributed by atoms with Gasteiger partial charge < -0.3 is 10.0 Å². The van der Waals surface area contributed by atoms with Crippen molar-refractivity contribution in [3.05, 3.63) is 16.1 Å². The molecule has 1 aromatic heterocycles. The molecule has 92 valence electrons. The molecule has 1 saturated carbocycles. The first-order valence-electron chi connectivity index (χ1n) is 5.38. The minimum atomic E-state index is -0.870. The predicted octanol–water partition coefficient (Wildman–Crippen LogP) is 1.13. The zero-order valence-electron chi connectivity index (χ0n) is 9.71. The normalized spacial score (nSPS) is 22.2. The quantitative estimate of drug-likeness (QED) is 0.874. The fourth-order valence-electron chi connectivity index (χ4n) is 1.81. The summed E-state index contributed by atoms with van der Waals surface area (Å²) in [6.07, 6.45) is 2.23. The van der Waals surface area contributed by atoms with Gasteiger partial charge in [0.1, 0.15) is 0 Å². The number of carboxylic acid groups (broad SMARTS) is 1. The molecule has 0 bridgehead atoms. The first-order valence-corrected chi connectivity index (χ1v) is 6.19. The van der Waals surface area contributed by atoms with E-state index in [2.05, 4.69) is 4.98 Å². The highest BCUT2D eigenvalue weighted by Crippen LogP contribution is 2.40. The summed E-state index contributed by atoms with van der Waals surface area (Å²) in [4.78, 5) is 29.3. The van der Waals surface area contributed by atoms with E-state index in [9.17, 15) is 9.59 Å². The Morgan fingerprint density at radius 2 is 2.29 bits per heavy atom. The number of hydrogen-bond donors (Lipinski definition) is 1. The number of aliphatic carboxylic acids is 1. The van der Waals surface area contributed by atoms with Crippen molar-refractivity contribution >= 4 is 23.2 Å². The van der Waals surface area contributed by atoms with Crippen molar-refractivity contribution in [1.29, 1.82) is 0 Å². The van der Waals surface area contributed by atoms with Crippen LogP contribution in [0.2, 0.25) is 0 Å². The van der Waals surface area contributed by atoms with E-state index in [1.165, 1.54) is 0 Å². The van der Waals surface area contributed by atoms with Crippen LogP contribution in [-0.2, 0) is 16.1 Å². The smallest absolute Gasteiger partial charge is 0.307 e. The highest BCUT2D eigenvalue weighted by Gasteiger charge is 2.49. The summed E-state index contributed by atoms with van der Waals surface area (Å²) >= 11 is 1.55. The zero-order chi connectivity index (χ0) is 12.6. The maximum atomic E-state index is 11.9. The van der Waals surface area contributed by atoms with Gasteiger partial charge >= 0.3 is 5.97 Å². The van der Waals surface area contributed by atoms with Crippen LogP contribution in [0.25, 0.3) is 0 Å². The Bertz CT molecular complexity index is 457.